The lowest BCUT2D eigenvalue weighted by Crippen LogP contribution is -1.96. The van der Waals surface area contributed by atoms with E-state index in [1.54, 1.807) is 0 Å². The first-order chi connectivity index (χ1) is 5.11. The summed E-state index contributed by atoms with van der Waals surface area (Å²) in [4.78, 5) is 9.67. The standard InChI is InChI=1S/C6H7N3O2.ClH/c7-4-1-2-6(9(10)11)5(8)3-4;/h1-3H,7-8H2;1H. The van der Waals surface area contributed by atoms with Crippen LogP contribution in [0.2, 0.25) is 0 Å². The van der Waals surface area contributed by atoms with E-state index < -0.39 is 4.92 Å². The van der Waals surface area contributed by atoms with Gasteiger partial charge in [-0.3, -0.25) is 10.1 Å². The smallest absolute Gasteiger partial charge is 0.292 e. The van der Waals surface area contributed by atoms with Gasteiger partial charge in [0.2, 0.25) is 0 Å². The lowest BCUT2D eigenvalue weighted by molar-refractivity contribution is -0.383. The highest BCUT2D eigenvalue weighted by Crippen LogP contribution is 2.22. The molecule has 0 saturated heterocycles. The molecule has 0 aliphatic rings. The third-order valence-corrected chi connectivity index (χ3v) is 1.25. The Labute approximate surface area is 74.9 Å². The Morgan fingerprint density at radius 2 is 1.92 bits per heavy atom. The second kappa shape index (κ2) is 3.77. The minimum absolute atomic E-state index is 0. The highest BCUT2D eigenvalue weighted by atomic mass is 35.5. The fourth-order valence-electron chi connectivity index (χ4n) is 0.739. The molecule has 0 bridgehead atoms. The Morgan fingerprint density at radius 1 is 1.33 bits per heavy atom. The fourth-order valence-corrected chi connectivity index (χ4v) is 0.739. The molecule has 66 valence electrons. The molecule has 0 aliphatic heterocycles. The number of rotatable bonds is 1. The van der Waals surface area contributed by atoms with Gasteiger partial charge in [-0.25, -0.2) is 0 Å². The van der Waals surface area contributed by atoms with E-state index in [4.69, 9.17) is 11.5 Å². The maximum atomic E-state index is 10.2. The Bertz CT molecular complexity index is 303. The van der Waals surface area contributed by atoms with Crippen molar-refractivity contribution in [2.24, 2.45) is 0 Å². The van der Waals surface area contributed by atoms with E-state index in [1.807, 2.05) is 0 Å². The van der Waals surface area contributed by atoms with Gasteiger partial charge in [-0.05, 0) is 12.1 Å². The van der Waals surface area contributed by atoms with Crippen LogP contribution < -0.4 is 11.5 Å². The van der Waals surface area contributed by atoms with Crippen LogP contribution in [0.4, 0.5) is 17.1 Å². The van der Waals surface area contributed by atoms with Gasteiger partial charge in [-0.2, -0.15) is 0 Å². The van der Waals surface area contributed by atoms with E-state index in [0.717, 1.165) is 0 Å². The number of halogens is 1. The predicted octanol–water partition coefficient (Wildman–Crippen LogP) is 1.18. The van der Waals surface area contributed by atoms with Crippen molar-refractivity contribution in [1.29, 1.82) is 0 Å². The third kappa shape index (κ3) is 2.00. The monoisotopic (exact) mass is 189 g/mol. The van der Waals surface area contributed by atoms with Crippen LogP contribution in [-0.4, -0.2) is 4.92 Å². The Kier molecular flexibility index (Phi) is 3.30. The molecule has 0 aliphatic carbocycles. The number of nitrogens with zero attached hydrogens (tertiary/aromatic N) is 1. The maximum Gasteiger partial charge on any atom is 0.292 e. The molecule has 0 saturated carbocycles. The van der Waals surface area contributed by atoms with Crippen molar-refractivity contribution in [1.82, 2.24) is 0 Å². The molecular formula is C6H8ClN3O2. The first-order valence-electron chi connectivity index (χ1n) is 2.90. The molecule has 1 rings (SSSR count). The maximum absolute atomic E-state index is 10.2. The van der Waals surface area contributed by atoms with Gasteiger partial charge >= 0.3 is 0 Å². The van der Waals surface area contributed by atoms with Gasteiger partial charge in [0.15, 0.2) is 0 Å². The van der Waals surface area contributed by atoms with Crippen molar-refractivity contribution in [3.05, 3.63) is 28.3 Å². The normalized spacial score (nSPS) is 8.67. The van der Waals surface area contributed by atoms with Crippen LogP contribution in [0, 0.1) is 10.1 Å². The molecule has 0 unspecified atom stereocenters. The molecule has 4 N–H and O–H groups in total. The number of hydrogen-bond donors (Lipinski definition) is 2. The average Bonchev–Trinajstić information content (AvgIpc) is 1.85. The van der Waals surface area contributed by atoms with E-state index >= 15 is 0 Å². The molecule has 0 atom stereocenters. The molecule has 5 nitrogen and oxygen atoms in total. The highest BCUT2D eigenvalue weighted by molar-refractivity contribution is 5.85. The molecule has 0 fully saturated rings. The fraction of sp³-hybridized carbons (Fsp3) is 0. The van der Waals surface area contributed by atoms with Crippen LogP contribution in [-0.2, 0) is 0 Å². The zero-order valence-corrected chi connectivity index (χ0v) is 6.88. The van der Waals surface area contributed by atoms with Crippen LogP contribution in [0.25, 0.3) is 0 Å². The number of hydrogen-bond acceptors (Lipinski definition) is 4. The lowest BCUT2D eigenvalue weighted by Gasteiger charge is -1.96. The van der Waals surface area contributed by atoms with Crippen molar-refractivity contribution >= 4 is 29.5 Å². The van der Waals surface area contributed by atoms with Crippen molar-refractivity contribution < 1.29 is 4.92 Å². The number of nitro benzene ring substituents is 1. The van der Waals surface area contributed by atoms with Crippen LogP contribution in [0.5, 0.6) is 0 Å². The van der Waals surface area contributed by atoms with Gasteiger partial charge in [0.25, 0.3) is 5.69 Å². The molecule has 0 radical (unpaired) electrons. The highest BCUT2D eigenvalue weighted by Gasteiger charge is 2.09. The van der Waals surface area contributed by atoms with Gasteiger partial charge < -0.3 is 11.5 Å². The summed E-state index contributed by atoms with van der Waals surface area (Å²) in [6, 6.07) is 4.08. The zero-order chi connectivity index (χ0) is 8.43. The summed E-state index contributed by atoms with van der Waals surface area (Å²) in [6.45, 7) is 0. The molecule has 0 heterocycles. The summed E-state index contributed by atoms with van der Waals surface area (Å²) in [6.07, 6.45) is 0. The van der Waals surface area contributed by atoms with Crippen LogP contribution in [0.1, 0.15) is 0 Å². The molecule has 0 aromatic heterocycles. The summed E-state index contributed by atoms with van der Waals surface area (Å²) in [5.74, 6) is 0. The van der Waals surface area contributed by atoms with Gasteiger partial charge in [-0.1, -0.05) is 0 Å². The molecule has 0 spiro atoms. The van der Waals surface area contributed by atoms with Crippen molar-refractivity contribution in [3.8, 4) is 0 Å². The Morgan fingerprint density at radius 3 is 2.33 bits per heavy atom. The first kappa shape index (κ1) is 10.5. The summed E-state index contributed by atoms with van der Waals surface area (Å²) in [5.41, 5.74) is 11.0. The van der Waals surface area contributed by atoms with Crippen LogP contribution in [0.3, 0.4) is 0 Å². The van der Waals surface area contributed by atoms with Crippen molar-refractivity contribution in [2.75, 3.05) is 11.5 Å². The summed E-state index contributed by atoms with van der Waals surface area (Å²) in [5, 5.41) is 10.2. The van der Waals surface area contributed by atoms with Gasteiger partial charge in [0, 0.05) is 11.8 Å². The number of nitro groups is 1. The molecule has 6 heteroatoms. The molecule has 0 amide bonds. The first-order valence-corrected chi connectivity index (χ1v) is 2.90. The minimum atomic E-state index is -0.547. The lowest BCUT2D eigenvalue weighted by atomic mass is 10.2. The number of benzene rings is 1. The number of nitrogens with two attached hydrogens (primary N) is 2. The Balaban J connectivity index is 0.00000121. The molecular weight excluding hydrogens is 182 g/mol. The van der Waals surface area contributed by atoms with Gasteiger partial charge in [0.1, 0.15) is 5.69 Å². The van der Waals surface area contributed by atoms with E-state index in [9.17, 15) is 10.1 Å². The SMILES string of the molecule is Cl.Nc1ccc([N+](=O)[O-])c(N)c1. The second-order valence-electron chi connectivity index (χ2n) is 2.08. The second-order valence-corrected chi connectivity index (χ2v) is 2.08. The molecule has 1 aromatic carbocycles. The van der Waals surface area contributed by atoms with Crippen molar-refractivity contribution in [3.63, 3.8) is 0 Å². The van der Waals surface area contributed by atoms with Crippen LogP contribution >= 0.6 is 12.4 Å². The predicted molar refractivity (Wildman–Crippen MR) is 49.2 cm³/mol. The topological polar surface area (TPSA) is 95.2 Å². The van der Waals surface area contributed by atoms with E-state index in [0.29, 0.717) is 5.69 Å². The quantitative estimate of drug-likeness (QED) is 0.394. The largest absolute Gasteiger partial charge is 0.399 e. The summed E-state index contributed by atoms with van der Waals surface area (Å²) in [7, 11) is 0. The van der Waals surface area contributed by atoms with Crippen LogP contribution in [0.15, 0.2) is 18.2 Å². The average molecular weight is 190 g/mol. The van der Waals surface area contributed by atoms with E-state index in [1.165, 1.54) is 18.2 Å². The Hall–Kier alpha value is -1.49. The molecule has 12 heavy (non-hydrogen) atoms. The number of anilines is 2. The van der Waals surface area contributed by atoms with Gasteiger partial charge in [-0.15, -0.1) is 12.4 Å². The third-order valence-electron chi connectivity index (χ3n) is 1.25. The van der Waals surface area contributed by atoms with E-state index in [2.05, 4.69) is 0 Å². The summed E-state index contributed by atoms with van der Waals surface area (Å²) >= 11 is 0. The zero-order valence-electron chi connectivity index (χ0n) is 6.06. The van der Waals surface area contributed by atoms with Gasteiger partial charge in [0.05, 0.1) is 4.92 Å². The minimum Gasteiger partial charge on any atom is -0.399 e. The van der Waals surface area contributed by atoms with Crippen molar-refractivity contribution in [2.45, 2.75) is 0 Å². The summed E-state index contributed by atoms with van der Waals surface area (Å²) < 4.78 is 0. The number of nitrogen functional groups attached to an aromatic ring is 2. The van der Waals surface area contributed by atoms with E-state index in [-0.39, 0.29) is 23.8 Å². The molecule has 1 aromatic rings.